The molecule has 3 aromatic heterocycles. The molecular formula is C111H146N4O2S2. The van der Waals surface area contributed by atoms with Crippen molar-refractivity contribution in [2.24, 2.45) is 0 Å². The van der Waals surface area contributed by atoms with Gasteiger partial charge in [-0.2, -0.15) is 0 Å². The van der Waals surface area contributed by atoms with Gasteiger partial charge in [0.25, 0.3) is 0 Å². The number of fused-ring (bicyclic) bond motifs is 2. The standard InChI is InChI=1S/C18H18.C16H18.C14H19N.C14H22O2.C13H17NS.C11H16.2C10H14.C5H8N2S/c1-3-17-13-12-16(14-18(17)4-2)11-10-15-8-6-5-7-9-15;1-3-13-10-11-16(12-14(13)4-2)15-8-6-5-7-9-15;1-4-11-7-13-9-15(6-3)10-14(13)8-12(11)5-2;1-4-12-7-8-13(5-2)14(11-12)16-10-9-15-6-3;1-4-9-7-11-12(8-10(9)5-2)15-13(6-3)14-11;1-4-10-6-7-11(5-2)9(3)8-10;1-3-9-6-5-7-10(4-2)8-9;1-3-9-7-5-6-8-10(9)4-2;1-3-5-7-6-4(2)8-5/h5-9,12-14H,3-4H2,1-2H3;5-12H,3-4H2,1-2H3;7-10H,4-6H2,1-3H3;7-8,11H,4-6,9-10H2,1-3H3;7-8H,4-6H2,1-3H3;6-8H,4-5H2,1-3H3;2*5-8H,3-4H2,1-2H3;3H2,1-2H3. The van der Waals surface area contributed by atoms with E-state index in [0.29, 0.717) is 13.2 Å². The van der Waals surface area contributed by atoms with Gasteiger partial charge in [0.2, 0.25) is 0 Å². The van der Waals surface area contributed by atoms with Gasteiger partial charge in [-0.25, -0.2) is 4.98 Å². The Balaban J connectivity index is 0.000000241. The first-order chi connectivity index (χ1) is 57.9. The number of hydrogen-bond donors (Lipinski definition) is 0. The number of aromatic nitrogens is 4. The van der Waals surface area contributed by atoms with Crippen LogP contribution in [0.4, 0.5) is 0 Å². The lowest BCUT2D eigenvalue weighted by Crippen LogP contribution is -2.07. The first-order valence-corrected chi connectivity index (χ1v) is 46.8. The summed E-state index contributed by atoms with van der Waals surface area (Å²) in [4.78, 5) is 4.63. The predicted octanol–water partition coefficient (Wildman–Crippen LogP) is 29.8. The summed E-state index contributed by atoms with van der Waals surface area (Å²) in [6, 6.07) is 74.0. The third-order valence-corrected chi connectivity index (χ3v) is 23.6. The lowest BCUT2D eigenvalue weighted by molar-refractivity contribution is 0.110. The van der Waals surface area contributed by atoms with E-state index >= 15 is 0 Å². The van der Waals surface area contributed by atoms with E-state index in [1.165, 1.54) is 132 Å². The Hall–Kier alpha value is -9.49. The molecule has 0 fully saturated rings. The van der Waals surface area contributed by atoms with Crippen molar-refractivity contribution in [3.8, 4) is 28.7 Å². The quantitative estimate of drug-likeness (QED) is 0.0421. The molecule has 0 aliphatic carbocycles. The molecule has 3 heterocycles. The average molecular weight is 1630 g/mol. The van der Waals surface area contributed by atoms with Gasteiger partial charge in [0.1, 0.15) is 22.4 Å². The maximum Gasteiger partial charge on any atom is 0.122 e. The van der Waals surface area contributed by atoms with Gasteiger partial charge in [0.15, 0.2) is 0 Å². The molecule has 0 saturated carbocycles. The second kappa shape index (κ2) is 57.6. The number of rotatable bonds is 25. The van der Waals surface area contributed by atoms with Crippen LogP contribution in [0.25, 0.3) is 32.1 Å². The molecule has 0 aliphatic heterocycles. The second-order valence-electron chi connectivity index (χ2n) is 29.4. The van der Waals surface area contributed by atoms with E-state index in [1.807, 2.05) is 55.5 Å². The van der Waals surface area contributed by atoms with Crippen LogP contribution in [0.2, 0.25) is 0 Å². The third kappa shape index (κ3) is 34.3. The number of ether oxygens (including phenoxy) is 2. The van der Waals surface area contributed by atoms with Crippen molar-refractivity contribution in [3.63, 3.8) is 0 Å². The fourth-order valence-electron chi connectivity index (χ4n) is 14.0. The number of hydrogen-bond acceptors (Lipinski definition) is 7. The molecule has 13 aromatic rings. The lowest BCUT2D eigenvalue weighted by Gasteiger charge is -2.11. The average Bonchev–Trinajstić information content (AvgIpc) is 1.69. The smallest absolute Gasteiger partial charge is 0.122 e. The largest absolute Gasteiger partial charge is 0.491 e. The number of benzene rings is 10. The van der Waals surface area contributed by atoms with Crippen molar-refractivity contribution in [2.45, 2.75) is 274 Å². The molecule has 8 heteroatoms. The molecule has 6 nitrogen and oxygen atoms in total. The van der Waals surface area contributed by atoms with Gasteiger partial charge in [-0.15, -0.1) is 32.9 Å². The molecule has 0 N–H and O–H groups in total. The van der Waals surface area contributed by atoms with E-state index in [4.69, 9.17) is 9.47 Å². The highest BCUT2D eigenvalue weighted by atomic mass is 32.1. The van der Waals surface area contributed by atoms with Crippen LogP contribution in [0.1, 0.15) is 259 Å². The van der Waals surface area contributed by atoms with Gasteiger partial charge in [-0.1, -0.05) is 288 Å². The minimum Gasteiger partial charge on any atom is -0.491 e. The number of thiazole rings is 1. The highest BCUT2D eigenvalue weighted by molar-refractivity contribution is 7.18. The summed E-state index contributed by atoms with van der Waals surface area (Å²) < 4.78 is 14.6. The molecule has 0 spiro atoms. The topological polar surface area (TPSA) is 62.1 Å². The second-order valence-corrected chi connectivity index (χ2v) is 31.8. The minimum absolute atomic E-state index is 0.633. The summed E-state index contributed by atoms with van der Waals surface area (Å²) in [5, 5.41) is 14.0. The van der Waals surface area contributed by atoms with Gasteiger partial charge in [0.05, 0.1) is 21.8 Å². The monoisotopic (exact) mass is 1630 g/mol. The summed E-state index contributed by atoms with van der Waals surface area (Å²) >= 11 is 3.50. The first kappa shape index (κ1) is 100. The summed E-state index contributed by atoms with van der Waals surface area (Å²) in [6.07, 6.45) is 24.4. The third-order valence-electron chi connectivity index (χ3n) is 21.5. The maximum absolute atomic E-state index is 5.75. The molecule has 0 aliphatic rings. The van der Waals surface area contributed by atoms with Gasteiger partial charge >= 0.3 is 0 Å². The predicted molar refractivity (Wildman–Crippen MR) is 524 cm³/mol. The molecule has 0 radical (unpaired) electrons. The molecule has 0 bridgehead atoms. The highest BCUT2D eigenvalue weighted by Crippen LogP contribution is 2.29. The van der Waals surface area contributed by atoms with E-state index in [2.05, 4.69) is 358 Å². The van der Waals surface area contributed by atoms with Crippen molar-refractivity contribution in [1.82, 2.24) is 19.7 Å². The van der Waals surface area contributed by atoms with Crippen LogP contribution in [0.5, 0.6) is 5.75 Å². The first-order valence-electron chi connectivity index (χ1n) is 45.1. The molecule has 0 unspecified atom stereocenters. The lowest BCUT2D eigenvalue weighted by atomic mass is 9.97. The maximum atomic E-state index is 5.75. The normalized spacial score (nSPS) is 10.3. The zero-order valence-electron chi connectivity index (χ0n) is 77.3. The number of aryl methyl sites for hydroxylation is 21. The number of nitrogens with zero attached hydrogens (tertiary/aromatic N) is 4. The Labute approximate surface area is 730 Å². The van der Waals surface area contributed by atoms with Crippen molar-refractivity contribution < 1.29 is 9.47 Å². The molecule has 0 amide bonds. The summed E-state index contributed by atoms with van der Waals surface area (Å²) in [5.41, 5.74) is 30.5. The van der Waals surface area contributed by atoms with E-state index in [0.717, 1.165) is 156 Å². The highest BCUT2D eigenvalue weighted by Gasteiger charge is 2.10. The van der Waals surface area contributed by atoms with E-state index in [-0.39, 0.29) is 0 Å². The Kier molecular flexibility index (Phi) is 48.5. The summed E-state index contributed by atoms with van der Waals surface area (Å²) in [5.74, 6) is 7.45. The van der Waals surface area contributed by atoms with Crippen LogP contribution in [0.3, 0.4) is 0 Å². The van der Waals surface area contributed by atoms with Gasteiger partial charge in [-0.05, 0) is 314 Å². The van der Waals surface area contributed by atoms with Crippen LogP contribution in [0, 0.1) is 25.7 Å². The van der Waals surface area contributed by atoms with Crippen LogP contribution in [-0.2, 0) is 127 Å². The zero-order valence-corrected chi connectivity index (χ0v) is 78.9. The Bertz CT molecular complexity index is 4830. The van der Waals surface area contributed by atoms with E-state index in [1.54, 1.807) is 11.3 Å². The Morgan fingerprint density at radius 1 is 0.311 bits per heavy atom. The zero-order chi connectivity index (χ0) is 86.7. The van der Waals surface area contributed by atoms with Gasteiger partial charge < -0.3 is 14.0 Å². The minimum atomic E-state index is 0.633. The van der Waals surface area contributed by atoms with Gasteiger partial charge in [-0.3, -0.25) is 0 Å². The fraction of sp³-hybridized carbons (Fsp3) is 0.396. The Morgan fingerprint density at radius 2 is 0.756 bits per heavy atom. The van der Waals surface area contributed by atoms with Crippen molar-refractivity contribution >= 4 is 43.7 Å². The van der Waals surface area contributed by atoms with Crippen LogP contribution < -0.4 is 4.74 Å². The Morgan fingerprint density at radius 3 is 1.24 bits per heavy atom. The van der Waals surface area contributed by atoms with Crippen molar-refractivity contribution in [2.75, 3.05) is 19.8 Å². The fourth-order valence-corrected chi connectivity index (χ4v) is 15.6. The van der Waals surface area contributed by atoms with Crippen LogP contribution in [0.15, 0.2) is 219 Å². The SMILES string of the molecule is CCOCCOc1cc(CC)ccc1CC.CCc1cc2cn(CC)cc2cc1CC.CCc1ccc(-c2ccccc2)cc1CC.CCc1ccc(C#Cc2ccccc2)cc1CC.CCc1ccc(CC)c(C)c1.CCc1cccc(CC)c1.CCc1ccccc1CC.CCc1nc2cc(CC)c(CC)cc2s1.CCc1nnc(C)s1. The van der Waals surface area contributed by atoms with E-state index < -0.39 is 0 Å². The van der Waals surface area contributed by atoms with Crippen molar-refractivity contribution in [3.05, 3.63) is 339 Å². The molecule has 119 heavy (non-hydrogen) atoms. The van der Waals surface area contributed by atoms with Crippen molar-refractivity contribution in [1.29, 1.82) is 0 Å². The summed E-state index contributed by atoms with van der Waals surface area (Å²) in [7, 11) is 0. The molecular weight excluding hydrogens is 1490 g/mol. The molecule has 13 rings (SSSR count). The molecule has 10 aromatic carbocycles. The van der Waals surface area contributed by atoms with Gasteiger partial charge in [0, 0.05) is 36.7 Å². The summed E-state index contributed by atoms with van der Waals surface area (Å²) in [6.45, 7) is 50.9. The van der Waals surface area contributed by atoms with E-state index in [9.17, 15) is 0 Å². The molecule has 634 valence electrons. The molecule has 0 saturated heterocycles. The van der Waals surface area contributed by atoms with Crippen LogP contribution in [-0.4, -0.2) is 39.6 Å². The molecule has 0 atom stereocenters. The van der Waals surface area contributed by atoms with Crippen LogP contribution >= 0.6 is 22.7 Å².